The summed E-state index contributed by atoms with van der Waals surface area (Å²) in [6.07, 6.45) is -1.93. The number of fused-ring (bicyclic) bond motifs is 1. The van der Waals surface area contributed by atoms with Gasteiger partial charge in [-0.25, -0.2) is 9.36 Å². The van der Waals surface area contributed by atoms with Crippen LogP contribution >= 0.6 is 44.8 Å². The first-order valence-electron chi connectivity index (χ1n) is 35.8. The van der Waals surface area contributed by atoms with Gasteiger partial charge >= 0.3 is 19.8 Å². The normalized spacial score (nSPS) is 20.7. The second kappa shape index (κ2) is 43.6. The van der Waals surface area contributed by atoms with Crippen molar-refractivity contribution in [3.63, 3.8) is 0 Å². The first kappa shape index (κ1) is 91.8. The van der Waals surface area contributed by atoms with Gasteiger partial charge in [0.1, 0.15) is 66.5 Å². The number of phosphoric acid groups is 1. The average molecular weight is 1590 g/mol. The molecule has 4 fully saturated rings. The maximum absolute atomic E-state index is 14.7. The van der Waals surface area contributed by atoms with Crippen LogP contribution in [-0.4, -0.2) is 264 Å². The van der Waals surface area contributed by atoms with Crippen LogP contribution in [-0.2, 0) is 81.0 Å². The smallest absolute Gasteiger partial charge is 0.469 e. The Morgan fingerprint density at radius 2 is 1.05 bits per heavy atom. The molecule has 0 aliphatic carbocycles. The lowest BCUT2D eigenvalue weighted by Gasteiger charge is -2.33. The fraction of sp³-hybridized carbons (Fsp3) is 0.754. The molecule has 0 bridgehead atoms. The summed E-state index contributed by atoms with van der Waals surface area (Å²) in [7, 11) is -5.44. The van der Waals surface area contributed by atoms with E-state index in [0.29, 0.717) is 6.42 Å². The number of primary amides is 1. The summed E-state index contributed by atoms with van der Waals surface area (Å²) in [4.78, 5) is 237. The number of likely N-dealkylation sites (tertiary alicyclic amines) is 2. The molecule has 38 nitrogen and oxygen atoms in total. The summed E-state index contributed by atoms with van der Waals surface area (Å²) in [5, 5.41) is 53.5. The topological polar surface area (TPSA) is 569 Å². The number of carbonyl (C=O) groups excluding carboxylic acids is 15. The lowest BCUT2D eigenvalue weighted by molar-refractivity contribution is -0.144. The van der Waals surface area contributed by atoms with Crippen LogP contribution in [0.4, 0.5) is 4.79 Å². The third kappa shape index (κ3) is 29.4. The van der Waals surface area contributed by atoms with Gasteiger partial charge in [-0.15, -0.1) is 0 Å². The van der Waals surface area contributed by atoms with Crippen molar-refractivity contribution >= 4 is 140 Å². The van der Waals surface area contributed by atoms with Crippen LogP contribution in [0.1, 0.15) is 146 Å². The van der Waals surface area contributed by atoms with Crippen molar-refractivity contribution in [1.82, 2.24) is 78.9 Å². The van der Waals surface area contributed by atoms with Crippen molar-refractivity contribution in [3.05, 3.63) is 0 Å². The first-order valence-corrected chi connectivity index (χ1v) is 39.6. The third-order valence-corrected chi connectivity index (χ3v) is 21.0. The predicted molar refractivity (Wildman–Crippen MR) is 393 cm³/mol. The zero-order valence-electron chi connectivity index (χ0n) is 61.8. The summed E-state index contributed by atoms with van der Waals surface area (Å²) in [6.45, 7) is 14.1. The van der Waals surface area contributed by atoms with Crippen molar-refractivity contribution in [1.29, 1.82) is 0 Å². The number of thioether (sulfide) groups is 1. The van der Waals surface area contributed by atoms with Crippen LogP contribution < -0.4 is 74.9 Å². The number of unbranched alkanes of at least 4 members (excludes halogenated alkanes) is 1. The Balaban J connectivity index is 1.43. The van der Waals surface area contributed by atoms with Crippen LogP contribution in [0.2, 0.25) is 0 Å². The van der Waals surface area contributed by atoms with Crippen LogP contribution in [0, 0.1) is 23.7 Å². The Morgan fingerprint density at radius 3 is 1.57 bits per heavy atom. The molecule has 4 aliphatic rings. The van der Waals surface area contributed by atoms with E-state index in [1.165, 1.54) is 6.92 Å². The number of aliphatic hydroxyl groups is 1. The van der Waals surface area contributed by atoms with Crippen molar-refractivity contribution in [2.45, 2.75) is 242 Å². The maximum atomic E-state index is 14.7. The number of nitrogens with two attached hydrogens (primary N) is 1. The summed E-state index contributed by atoms with van der Waals surface area (Å²) in [6, 6.07) is -16.4. The van der Waals surface area contributed by atoms with Gasteiger partial charge in [0.2, 0.25) is 82.7 Å². The molecule has 4 saturated heterocycles. The molecule has 16 atom stereocenters. The summed E-state index contributed by atoms with van der Waals surface area (Å²) < 4.78 is 17.2. The molecule has 107 heavy (non-hydrogen) atoms. The molecule has 0 saturated carbocycles. The van der Waals surface area contributed by atoms with Gasteiger partial charge in [-0.2, -0.15) is 37.0 Å². The molecule has 0 radical (unpaired) electrons. The number of carboxylic acid groups (broad SMARTS) is 1. The number of hydrogen-bond acceptors (Lipinski definition) is 22. The van der Waals surface area contributed by atoms with Crippen LogP contribution in [0.25, 0.3) is 0 Å². The van der Waals surface area contributed by atoms with Crippen LogP contribution in [0.3, 0.4) is 0 Å². The number of thiol groups is 2. The molecule has 19 N–H and O–H groups in total. The van der Waals surface area contributed by atoms with E-state index in [2.05, 4.69) is 94.4 Å². The Kier molecular flexibility index (Phi) is 37.4. The molecule has 0 aromatic heterocycles. The number of phosphoric ester groups is 1. The highest BCUT2D eigenvalue weighted by atomic mass is 32.2. The van der Waals surface area contributed by atoms with E-state index in [1.54, 1.807) is 67.2 Å². The summed E-state index contributed by atoms with van der Waals surface area (Å²) in [5.41, 5.74) is 5.31. The largest absolute Gasteiger partial charge is 0.481 e. The maximum Gasteiger partial charge on any atom is 0.469 e. The summed E-state index contributed by atoms with van der Waals surface area (Å²) >= 11 is 10.0. The lowest BCUT2D eigenvalue weighted by atomic mass is 9.98. The van der Waals surface area contributed by atoms with Crippen molar-refractivity contribution in [2.75, 3.05) is 43.4 Å². The number of carbonyl (C=O) groups is 16. The Labute approximate surface area is 636 Å². The first-order chi connectivity index (χ1) is 50.1. The monoisotopic (exact) mass is 1590 g/mol. The van der Waals surface area contributed by atoms with E-state index in [-0.39, 0.29) is 105 Å². The molecule has 0 aromatic rings. The molecule has 4 aliphatic heterocycles. The SMILES string of the molecule is CC(C)C[C@H](NC(=O)CNC(=O)CNC(=O)CCCC[C@@H]1SC[C@@H]2NC(=O)N[C@@H]21)C(=O)N[C@@H](CCC(=O)O)C(=O)N1CCC[C@H]1C(=O)N[C@@H](CC(C)C)C(=O)N[C@@H](CS)C(=O)N[C@H](C(=O)N1CCC[C@H]1C(=O)N[C@H](C(=O)N[C@H](C(=O)N[C@H](C(=O)N[C@@H](CS)C(N)=O)[C@@H](C)O)C(C)C)C(C)C)[C@@H](C)OP(=O)(O)O. The molecule has 604 valence electrons. The fourth-order valence-corrected chi connectivity index (χ4v) is 15.2. The highest BCUT2D eigenvalue weighted by molar-refractivity contribution is 8.00. The Morgan fingerprint density at radius 1 is 0.570 bits per heavy atom. The van der Waals surface area contributed by atoms with Gasteiger partial charge < -0.3 is 105 Å². The number of aliphatic hydroxyl groups excluding tert-OH is 1. The van der Waals surface area contributed by atoms with Crippen molar-refractivity contribution in [2.24, 2.45) is 29.4 Å². The molecular weight excluding hydrogens is 1480 g/mol. The third-order valence-electron chi connectivity index (χ3n) is 18.2. The zero-order valence-corrected chi connectivity index (χ0v) is 65.3. The second-order valence-corrected chi connectivity index (χ2v) is 31.8. The number of rotatable bonds is 44. The Bertz CT molecular complexity index is 3240. The minimum absolute atomic E-state index is 0.0137. The van der Waals surface area contributed by atoms with Crippen molar-refractivity contribution < 1.29 is 106 Å². The van der Waals surface area contributed by atoms with E-state index in [4.69, 9.17) is 10.3 Å². The number of nitrogens with one attached hydrogen (secondary N) is 13. The number of hydrogen-bond donors (Lipinski definition) is 20. The molecule has 4 heterocycles. The number of nitrogens with zero attached hydrogens (tertiary/aromatic N) is 2. The van der Waals surface area contributed by atoms with Gasteiger partial charge in [0.25, 0.3) is 0 Å². The standard InChI is InChI=1S/C65H109N16O22PS3/c1-30(2)23-37(69-47(85)26-68-46(84)25-67-45(83)18-12-11-17-44-53-41(29-107-44)74-65(99)79-53)55(89)70-36(19-20-48(86)87)63(97)80-21-13-15-42(80)58(92)71-38(24-31(3)4)56(90)73-40(28-106)57(91)78-52(35(10)103-104(100,101)102)64(98)81-22-14-16-43(81)59(93)75-49(32(5)6)60(94)76-50(33(7)8)61(95)77-51(34(9)82)62(96)72-39(27-105)54(66)88/h30-44,49-53,82,105-106H,11-29H2,1-10H3,(H2,66,88)(H,67,83)(H,68,84)(H,69,85)(H,70,89)(H,71,92)(H,72,96)(H,73,90)(H,75,93)(H,76,94)(H,77,95)(H,78,91)(H,86,87)(H2,74,79,99)(H2,100,101,102)/t34-,35-,36+,37+,38+,39+,40+,41+,42+,43+,44+,49+,50+,51+,52+,53+/m1/s1. The Hall–Kier alpha value is -7.56. The van der Waals surface area contributed by atoms with Gasteiger partial charge in [0.05, 0.1) is 37.4 Å². The highest BCUT2D eigenvalue weighted by Crippen LogP contribution is 2.39. The van der Waals surface area contributed by atoms with Gasteiger partial charge in [0, 0.05) is 48.4 Å². The van der Waals surface area contributed by atoms with Gasteiger partial charge in [-0.3, -0.25) is 76.4 Å². The highest BCUT2D eigenvalue weighted by Gasteiger charge is 2.46. The molecule has 42 heteroatoms. The van der Waals surface area contributed by atoms with Gasteiger partial charge in [-0.1, -0.05) is 61.8 Å². The van der Waals surface area contributed by atoms with Gasteiger partial charge in [-0.05, 0) is 95.3 Å². The number of carboxylic acids is 1. The van der Waals surface area contributed by atoms with Crippen LogP contribution in [0.15, 0.2) is 0 Å². The minimum Gasteiger partial charge on any atom is -0.481 e. The summed E-state index contributed by atoms with van der Waals surface area (Å²) in [5.74, 6) is -15.6. The second-order valence-electron chi connectivity index (χ2n) is 28.6. The molecule has 0 aromatic carbocycles. The van der Waals surface area contributed by atoms with Crippen molar-refractivity contribution in [3.8, 4) is 0 Å². The van der Waals surface area contributed by atoms with E-state index < -0.39 is 213 Å². The number of aliphatic carboxylic acids is 1. The fourth-order valence-electron chi connectivity index (χ4n) is 12.5. The molecule has 16 amide bonds. The lowest BCUT2D eigenvalue weighted by Crippen LogP contribution is -2.63. The minimum atomic E-state index is -5.44. The molecule has 0 unspecified atom stereocenters. The average Bonchev–Trinajstić information content (AvgIpc) is 1.75. The van der Waals surface area contributed by atoms with Gasteiger partial charge in [0.15, 0.2) is 0 Å². The molecule has 4 rings (SSSR count). The van der Waals surface area contributed by atoms with E-state index in [1.807, 2.05) is 0 Å². The van der Waals surface area contributed by atoms with E-state index in [9.17, 15) is 101 Å². The predicted octanol–water partition coefficient (Wildman–Crippen LogP) is -4.22. The molecule has 0 spiro atoms. The van der Waals surface area contributed by atoms with E-state index in [0.717, 1.165) is 35.3 Å². The van der Waals surface area contributed by atoms with Crippen LogP contribution in [0.5, 0.6) is 0 Å². The van der Waals surface area contributed by atoms with E-state index >= 15 is 0 Å². The molecular formula is C65H109N16O22PS3. The number of urea groups is 1. The quantitative estimate of drug-likeness (QED) is 0.0119. The number of amides is 16. The zero-order chi connectivity index (χ0) is 80.5.